The smallest absolute Gasteiger partial charge is 0.261 e. The van der Waals surface area contributed by atoms with Crippen LogP contribution in [0.3, 0.4) is 0 Å². The minimum absolute atomic E-state index is 0.148. The lowest BCUT2D eigenvalue weighted by atomic mass is 10.1. The number of rotatable bonds is 6. The summed E-state index contributed by atoms with van der Waals surface area (Å²) < 4.78 is 5.77. The summed E-state index contributed by atoms with van der Waals surface area (Å²) in [4.78, 5) is 31.3. The van der Waals surface area contributed by atoms with E-state index in [4.69, 9.17) is 4.74 Å². The Morgan fingerprint density at radius 2 is 1.71 bits per heavy atom. The molecule has 158 valence electrons. The molecule has 1 aliphatic rings. The van der Waals surface area contributed by atoms with Gasteiger partial charge in [0.05, 0.1) is 6.42 Å². The molecular formula is C24H23N3O3S. The topological polar surface area (TPSA) is 71.5 Å². The molecule has 0 radical (unpaired) electrons. The monoisotopic (exact) mass is 433 g/mol. The number of aromatic nitrogens is 1. The molecule has 1 saturated heterocycles. The largest absolute Gasteiger partial charge is 0.438 e. The number of nitrogens with zero attached hydrogens (tertiary/aromatic N) is 2. The summed E-state index contributed by atoms with van der Waals surface area (Å²) in [7, 11) is 0. The molecule has 0 aliphatic carbocycles. The van der Waals surface area contributed by atoms with Crippen molar-refractivity contribution in [1.29, 1.82) is 0 Å². The first kappa shape index (κ1) is 20.9. The number of ether oxygens (including phenoxy) is 1. The summed E-state index contributed by atoms with van der Waals surface area (Å²) in [5.74, 6) is 2.69. The first-order chi connectivity index (χ1) is 15.2. The number of thioether (sulfide) groups is 1. The van der Waals surface area contributed by atoms with Crippen molar-refractivity contribution in [3.63, 3.8) is 0 Å². The van der Waals surface area contributed by atoms with E-state index in [2.05, 4.69) is 10.3 Å². The number of carbonyl (C=O) groups is 2. The number of amides is 2. The highest BCUT2D eigenvalue weighted by Crippen LogP contribution is 2.23. The number of hydrogen-bond acceptors (Lipinski definition) is 5. The Morgan fingerprint density at radius 3 is 2.45 bits per heavy atom. The highest BCUT2D eigenvalue weighted by Gasteiger charge is 2.17. The molecule has 1 fully saturated rings. The predicted molar refractivity (Wildman–Crippen MR) is 123 cm³/mol. The zero-order valence-electron chi connectivity index (χ0n) is 17.0. The van der Waals surface area contributed by atoms with Crippen LogP contribution in [0.25, 0.3) is 0 Å². The standard InChI is InChI=1S/C24H23N3O3S/c28-22(27-13-15-31-16-14-27)17-18-8-10-19(11-9-18)26-23(29)21-7-4-12-25-24(21)30-20-5-2-1-3-6-20/h1-12H,13-17H2,(H,26,29). The Bertz CT molecular complexity index is 1040. The highest BCUT2D eigenvalue weighted by atomic mass is 32.2. The Kier molecular flexibility index (Phi) is 6.84. The quantitative estimate of drug-likeness (QED) is 0.629. The number of anilines is 1. The van der Waals surface area contributed by atoms with Crippen molar-refractivity contribution in [3.05, 3.63) is 84.1 Å². The number of pyridine rings is 1. The zero-order valence-corrected chi connectivity index (χ0v) is 17.8. The molecule has 0 saturated carbocycles. The highest BCUT2D eigenvalue weighted by molar-refractivity contribution is 7.99. The van der Waals surface area contributed by atoms with Gasteiger partial charge >= 0.3 is 0 Å². The van der Waals surface area contributed by atoms with Gasteiger partial charge in [0.15, 0.2) is 0 Å². The fourth-order valence-electron chi connectivity index (χ4n) is 3.25. The van der Waals surface area contributed by atoms with Crippen LogP contribution in [0.1, 0.15) is 15.9 Å². The van der Waals surface area contributed by atoms with Gasteiger partial charge in [-0.2, -0.15) is 11.8 Å². The molecule has 4 rings (SSSR count). The molecule has 0 unspecified atom stereocenters. The van der Waals surface area contributed by atoms with Crippen LogP contribution in [0, 0.1) is 0 Å². The molecule has 31 heavy (non-hydrogen) atoms. The lowest BCUT2D eigenvalue weighted by Gasteiger charge is -2.26. The molecular weight excluding hydrogens is 410 g/mol. The number of hydrogen-bond donors (Lipinski definition) is 1. The summed E-state index contributed by atoms with van der Waals surface area (Å²) >= 11 is 1.88. The molecule has 1 N–H and O–H groups in total. The van der Waals surface area contributed by atoms with Crippen molar-refractivity contribution in [2.75, 3.05) is 29.9 Å². The molecule has 6 nitrogen and oxygen atoms in total. The van der Waals surface area contributed by atoms with Gasteiger partial charge in [-0.05, 0) is 42.0 Å². The maximum absolute atomic E-state index is 12.8. The second kappa shape index (κ2) is 10.1. The first-order valence-electron chi connectivity index (χ1n) is 10.1. The van der Waals surface area contributed by atoms with E-state index >= 15 is 0 Å². The second-order valence-corrected chi connectivity index (χ2v) is 8.32. The molecule has 2 amide bonds. The number of nitrogens with one attached hydrogen (secondary N) is 1. The molecule has 1 aromatic heterocycles. The van der Waals surface area contributed by atoms with E-state index in [-0.39, 0.29) is 17.7 Å². The summed E-state index contributed by atoms with van der Waals surface area (Å²) in [5, 5.41) is 2.87. The first-order valence-corrected chi connectivity index (χ1v) is 11.3. The van der Waals surface area contributed by atoms with Gasteiger partial charge in [-0.25, -0.2) is 4.98 Å². The summed E-state index contributed by atoms with van der Waals surface area (Å²) in [6, 6.07) is 19.9. The van der Waals surface area contributed by atoms with Gasteiger partial charge in [-0.15, -0.1) is 0 Å². The third-order valence-electron chi connectivity index (χ3n) is 4.90. The van der Waals surface area contributed by atoms with Crippen molar-refractivity contribution in [3.8, 4) is 11.6 Å². The van der Waals surface area contributed by atoms with Crippen LogP contribution in [0.15, 0.2) is 72.9 Å². The van der Waals surface area contributed by atoms with Gasteiger partial charge in [-0.3, -0.25) is 9.59 Å². The molecule has 2 heterocycles. The lowest BCUT2D eigenvalue weighted by molar-refractivity contribution is -0.130. The molecule has 0 spiro atoms. The van der Waals surface area contributed by atoms with Crippen LogP contribution in [0.5, 0.6) is 11.6 Å². The van der Waals surface area contributed by atoms with Crippen LogP contribution < -0.4 is 10.1 Å². The van der Waals surface area contributed by atoms with Crippen molar-refractivity contribution >= 4 is 29.3 Å². The third kappa shape index (κ3) is 5.64. The Balaban J connectivity index is 1.39. The SMILES string of the molecule is O=C(Nc1ccc(CC(=O)N2CCSCC2)cc1)c1cccnc1Oc1ccccc1. The van der Waals surface area contributed by atoms with E-state index in [1.807, 2.05) is 47.0 Å². The van der Waals surface area contributed by atoms with E-state index in [0.29, 0.717) is 23.4 Å². The Morgan fingerprint density at radius 1 is 0.968 bits per heavy atom. The van der Waals surface area contributed by atoms with Gasteiger partial charge in [-0.1, -0.05) is 30.3 Å². The van der Waals surface area contributed by atoms with E-state index in [9.17, 15) is 9.59 Å². The number of para-hydroxylation sites is 1. The molecule has 0 bridgehead atoms. The van der Waals surface area contributed by atoms with Crippen LogP contribution >= 0.6 is 11.8 Å². The maximum atomic E-state index is 12.8. The van der Waals surface area contributed by atoms with Gasteiger partial charge in [0.2, 0.25) is 11.8 Å². The van der Waals surface area contributed by atoms with Crippen LogP contribution in [0.2, 0.25) is 0 Å². The van der Waals surface area contributed by atoms with Crippen LogP contribution in [-0.2, 0) is 11.2 Å². The van der Waals surface area contributed by atoms with Crippen molar-refractivity contribution in [2.45, 2.75) is 6.42 Å². The molecule has 0 atom stereocenters. The van der Waals surface area contributed by atoms with Gasteiger partial charge in [0.25, 0.3) is 5.91 Å². The zero-order chi connectivity index (χ0) is 21.5. The number of benzene rings is 2. The molecule has 2 aromatic carbocycles. The molecule has 7 heteroatoms. The maximum Gasteiger partial charge on any atom is 0.261 e. The van der Waals surface area contributed by atoms with Crippen LogP contribution in [-0.4, -0.2) is 46.3 Å². The summed E-state index contributed by atoms with van der Waals surface area (Å²) in [6.45, 7) is 1.63. The van der Waals surface area contributed by atoms with E-state index in [0.717, 1.165) is 30.2 Å². The average Bonchev–Trinajstić information content (AvgIpc) is 2.82. The summed E-state index contributed by atoms with van der Waals surface area (Å²) in [6.07, 6.45) is 1.96. The van der Waals surface area contributed by atoms with Gasteiger partial charge in [0, 0.05) is 36.5 Å². The average molecular weight is 434 g/mol. The third-order valence-corrected chi connectivity index (χ3v) is 5.85. The fourth-order valence-corrected chi connectivity index (χ4v) is 4.15. The minimum atomic E-state index is -0.311. The normalized spacial score (nSPS) is 13.5. The predicted octanol–water partition coefficient (Wildman–Crippen LogP) is 4.24. The second-order valence-electron chi connectivity index (χ2n) is 7.09. The van der Waals surface area contributed by atoms with E-state index in [1.54, 1.807) is 42.6 Å². The van der Waals surface area contributed by atoms with Gasteiger partial charge in [0.1, 0.15) is 11.3 Å². The van der Waals surface area contributed by atoms with Crippen molar-refractivity contribution < 1.29 is 14.3 Å². The van der Waals surface area contributed by atoms with Crippen molar-refractivity contribution in [2.24, 2.45) is 0 Å². The molecule has 1 aliphatic heterocycles. The van der Waals surface area contributed by atoms with Gasteiger partial charge < -0.3 is 15.0 Å². The van der Waals surface area contributed by atoms with Crippen LogP contribution in [0.4, 0.5) is 5.69 Å². The van der Waals surface area contributed by atoms with E-state index in [1.165, 1.54) is 0 Å². The van der Waals surface area contributed by atoms with E-state index < -0.39 is 0 Å². The number of carbonyl (C=O) groups excluding carboxylic acids is 2. The molecule has 3 aromatic rings. The lowest BCUT2D eigenvalue weighted by Crippen LogP contribution is -2.38. The Labute approximate surface area is 185 Å². The van der Waals surface area contributed by atoms with Crippen molar-refractivity contribution in [1.82, 2.24) is 9.88 Å². The minimum Gasteiger partial charge on any atom is -0.438 e. The Hall–Kier alpha value is -3.32. The fraction of sp³-hybridized carbons (Fsp3) is 0.208. The summed E-state index contributed by atoms with van der Waals surface area (Å²) in [5.41, 5.74) is 1.91.